The van der Waals surface area contributed by atoms with Crippen molar-refractivity contribution in [2.24, 2.45) is 5.92 Å². The molecule has 0 bridgehead atoms. The number of carbonyl (C=O) groups is 1. The van der Waals surface area contributed by atoms with E-state index >= 15 is 0 Å². The highest BCUT2D eigenvalue weighted by Gasteiger charge is 2.27. The first-order valence-corrected chi connectivity index (χ1v) is 12.0. The average Bonchev–Trinajstić information content (AvgIpc) is 3.38. The Morgan fingerprint density at radius 1 is 1.18 bits per heavy atom. The Hall–Kier alpha value is -2.97. The number of hydrogen-bond donors (Lipinski definition) is 1. The van der Waals surface area contributed by atoms with Gasteiger partial charge in [0.25, 0.3) is 5.91 Å². The zero-order valence-corrected chi connectivity index (χ0v) is 20.6. The number of carbonyl (C=O) groups excluding carboxylic acids is 1. The van der Waals surface area contributed by atoms with E-state index in [4.69, 9.17) is 9.15 Å². The Balaban J connectivity index is 1.48. The van der Waals surface area contributed by atoms with Crippen LogP contribution in [0.1, 0.15) is 65.4 Å². The lowest BCUT2D eigenvalue weighted by molar-refractivity contribution is 0.0892. The third-order valence-electron chi connectivity index (χ3n) is 6.13. The highest BCUT2D eigenvalue weighted by molar-refractivity contribution is 5.91. The van der Waals surface area contributed by atoms with Crippen LogP contribution < -0.4 is 5.32 Å². The standard InChI is InChI=1S/C26H35N5O3/c1-18(2)14-22(27-26(32)23-9-8-21(34-23)17-33-4)25-29-28-24-10-11-30(12-13-31(24)25)16-20-7-5-6-19(3)15-20/h5-9,15,18,22H,10-14,16-17H2,1-4H3,(H,27,32). The summed E-state index contributed by atoms with van der Waals surface area (Å²) in [4.78, 5) is 15.4. The molecule has 1 amide bonds. The number of nitrogens with one attached hydrogen (secondary N) is 1. The van der Waals surface area contributed by atoms with Crippen molar-refractivity contribution in [3.63, 3.8) is 0 Å². The number of aryl methyl sites for hydroxylation is 1. The zero-order chi connectivity index (χ0) is 24.1. The van der Waals surface area contributed by atoms with Crippen LogP contribution in [0.3, 0.4) is 0 Å². The molecular formula is C26H35N5O3. The van der Waals surface area contributed by atoms with E-state index in [1.807, 2.05) is 0 Å². The lowest BCUT2D eigenvalue weighted by Crippen LogP contribution is -2.32. The molecule has 0 spiro atoms. The van der Waals surface area contributed by atoms with Crippen molar-refractivity contribution in [3.8, 4) is 0 Å². The van der Waals surface area contributed by atoms with E-state index in [-0.39, 0.29) is 17.7 Å². The Bertz CT molecular complexity index is 1100. The summed E-state index contributed by atoms with van der Waals surface area (Å²) in [7, 11) is 1.60. The first kappa shape index (κ1) is 24.2. The Morgan fingerprint density at radius 3 is 2.79 bits per heavy atom. The van der Waals surface area contributed by atoms with E-state index in [1.165, 1.54) is 11.1 Å². The number of fused-ring (bicyclic) bond motifs is 1. The number of rotatable bonds is 9. The predicted octanol–water partition coefficient (Wildman–Crippen LogP) is 3.90. The number of benzene rings is 1. The van der Waals surface area contributed by atoms with Crippen LogP contribution in [-0.4, -0.2) is 45.8 Å². The minimum absolute atomic E-state index is 0.243. The van der Waals surface area contributed by atoms with Crippen molar-refractivity contribution < 1.29 is 13.9 Å². The molecule has 1 aliphatic heterocycles. The zero-order valence-electron chi connectivity index (χ0n) is 20.6. The van der Waals surface area contributed by atoms with Gasteiger partial charge in [0.05, 0.1) is 6.04 Å². The van der Waals surface area contributed by atoms with Crippen LogP contribution in [0.2, 0.25) is 0 Å². The highest BCUT2D eigenvalue weighted by atomic mass is 16.5. The molecule has 3 aromatic rings. The second-order valence-corrected chi connectivity index (χ2v) is 9.50. The first-order chi connectivity index (χ1) is 16.4. The number of ether oxygens (including phenoxy) is 1. The molecule has 4 rings (SSSR count). The molecule has 34 heavy (non-hydrogen) atoms. The molecular weight excluding hydrogens is 430 g/mol. The molecule has 1 N–H and O–H groups in total. The number of nitrogens with zero attached hydrogens (tertiary/aromatic N) is 4. The van der Waals surface area contributed by atoms with E-state index in [1.54, 1.807) is 19.2 Å². The Morgan fingerprint density at radius 2 is 2.03 bits per heavy atom. The molecule has 8 nitrogen and oxygen atoms in total. The van der Waals surface area contributed by atoms with Crippen LogP contribution in [0, 0.1) is 12.8 Å². The Kier molecular flexibility index (Phi) is 7.80. The maximum atomic E-state index is 13.0. The third-order valence-corrected chi connectivity index (χ3v) is 6.13. The number of methoxy groups -OCH3 is 1. The van der Waals surface area contributed by atoms with Gasteiger partial charge in [-0.1, -0.05) is 43.7 Å². The summed E-state index contributed by atoms with van der Waals surface area (Å²) in [5, 5.41) is 12.2. The predicted molar refractivity (Wildman–Crippen MR) is 129 cm³/mol. The van der Waals surface area contributed by atoms with Crippen LogP contribution in [-0.2, 0) is 30.9 Å². The molecule has 0 aliphatic carbocycles. The summed E-state index contributed by atoms with van der Waals surface area (Å²) in [6.07, 6.45) is 1.60. The third kappa shape index (κ3) is 5.93. The van der Waals surface area contributed by atoms with Crippen molar-refractivity contribution in [1.29, 1.82) is 0 Å². The van der Waals surface area contributed by atoms with E-state index in [0.29, 0.717) is 18.3 Å². The summed E-state index contributed by atoms with van der Waals surface area (Å²) < 4.78 is 12.9. The van der Waals surface area contributed by atoms with Gasteiger partial charge in [0.15, 0.2) is 11.6 Å². The van der Waals surface area contributed by atoms with Gasteiger partial charge in [-0.2, -0.15) is 0 Å². The van der Waals surface area contributed by atoms with Gasteiger partial charge in [-0.15, -0.1) is 10.2 Å². The maximum Gasteiger partial charge on any atom is 0.287 e. The lowest BCUT2D eigenvalue weighted by atomic mass is 10.0. The first-order valence-electron chi connectivity index (χ1n) is 12.0. The van der Waals surface area contributed by atoms with Crippen LogP contribution in [0.25, 0.3) is 0 Å². The van der Waals surface area contributed by atoms with E-state index in [9.17, 15) is 4.79 Å². The van der Waals surface area contributed by atoms with Gasteiger partial charge < -0.3 is 19.0 Å². The van der Waals surface area contributed by atoms with Gasteiger partial charge in [0.1, 0.15) is 18.2 Å². The van der Waals surface area contributed by atoms with E-state index in [2.05, 4.69) is 70.0 Å². The SMILES string of the molecule is COCc1ccc(C(=O)NC(CC(C)C)c2nnc3n2CCN(Cc2cccc(C)c2)CC3)o1. The van der Waals surface area contributed by atoms with Crippen molar-refractivity contribution in [2.45, 2.75) is 59.4 Å². The largest absolute Gasteiger partial charge is 0.453 e. The van der Waals surface area contributed by atoms with Crippen LogP contribution in [0.15, 0.2) is 40.8 Å². The van der Waals surface area contributed by atoms with Gasteiger partial charge in [0.2, 0.25) is 0 Å². The van der Waals surface area contributed by atoms with Crippen LogP contribution in [0.5, 0.6) is 0 Å². The molecule has 1 atom stereocenters. The molecule has 8 heteroatoms. The quantitative estimate of drug-likeness (QED) is 0.516. The molecule has 0 saturated heterocycles. The van der Waals surface area contributed by atoms with Gasteiger partial charge >= 0.3 is 0 Å². The number of furan rings is 1. The van der Waals surface area contributed by atoms with Crippen LogP contribution >= 0.6 is 0 Å². The van der Waals surface area contributed by atoms with Crippen molar-refractivity contribution in [3.05, 3.63) is 70.7 Å². The molecule has 0 fully saturated rings. The average molecular weight is 466 g/mol. The second-order valence-electron chi connectivity index (χ2n) is 9.50. The van der Waals surface area contributed by atoms with Gasteiger partial charge in [0, 0.05) is 39.7 Å². The summed E-state index contributed by atoms with van der Waals surface area (Å²) in [5.74, 6) is 2.82. The van der Waals surface area contributed by atoms with Gasteiger partial charge in [-0.05, 0) is 37.0 Å². The van der Waals surface area contributed by atoms with Gasteiger partial charge in [-0.3, -0.25) is 9.69 Å². The molecule has 3 heterocycles. The highest BCUT2D eigenvalue weighted by Crippen LogP contribution is 2.23. The molecule has 182 valence electrons. The van der Waals surface area contributed by atoms with Crippen molar-refractivity contribution in [2.75, 3.05) is 20.2 Å². The fourth-order valence-corrected chi connectivity index (χ4v) is 4.52. The van der Waals surface area contributed by atoms with E-state index < -0.39 is 0 Å². The summed E-state index contributed by atoms with van der Waals surface area (Å²) in [6.45, 7) is 10.3. The molecule has 2 aromatic heterocycles. The van der Waals surface area contributed by atoms with Gasteiger partial charge in [-0.25, -0.2) is 0 Å². The smallest absolute Gasteiger partial charge is 0.287 e. The lowest BCUT2D eigenvalue weighted by Gasteiger charge is -2.22. The van der Waals surface area contributed by atoms with Crippen LogP contribution in [0.4, 0.5) is 0 Å². The monoisotopic (exact) mass is 465 g/mol. The fraction of sp³-hybridized carbons (Fsp3) is 0.500. The van der Waals surface area contributed by atoms with E-state index in [0.717, 1.165) is 50.7 Å². The maximum absolute atomic E-state index is 13.0. The Labute approximate surface area is 201 Å². The number of amides is 1. The number of hydrogen-bond acceptors (Lipinski definition) is 6. The number of aromatic nitrogens is 3. The molecule has 1 aromatic carbocycles. The van der Waals surface area contributed by atoms with Crippen molar-refractivity contribution >= 4 is 5.91 Å². The summed E-state index contributed by atoms with van der Waals surface area (Å²) >= 11 is 0. The normalized spacial score (nSPS) is 15.2. The topological polar surface area (TPSA) is 85.4 Å². The fourth-order valence-electron chi connectivity index (χ4n) is 4.52. The summed E-state index contributed by atoms with van der Waals surface area (Å²) in [5.41, 5.74) is 2.61. The van der Waals surface area contributed by atoms with Crippen molar-refractivity contribution in [1.82, 2.24) is 25.0 Å². The molecule has 1 aliphatic rings. The molecule has 0 saturated carbocycles. The summed E-state index contributed by atoms with van der Waals surface area (Å²) in [6, 6.07) is 11.9. The second kappa shape index (κ2) is 11.0. The minimum atomic E-state index is -0.250. The molecule has 1 unspecified atom stereocenters. The minimum Gasteiger partial charge on any atom is -0.453 e. The molecule has 0 radical (unpaired) electrons.